The number of rotatable bonds is 3. The maximum atomic E-state index is 13.4. The second kappa shape index (κ2) is 7.61. The van der Waals surface area contributed by atoms with Crippen molar-refractivity contribution in [2.24, 2.45) is 0 Å². The Morgan fingerprint density at radius 3 is 2.29 bits per heavy atom. The molecular formula is C25H20BrNO. The largest absolute Gasteiger partial charge is 0.276 e. The van der Waals surface area contributed by atoms with Crippen molar-refractivity contribution in [1.29, 1.82) is 0 Å². The normalized spacial score (nSPS) is 15.2. The van der Waals surface area contributed by atoms with E-state index in [2.05, 4.69) is 41.9 Å². The first-order valence-corrected chi connectivity index (χ1v) is 9.98. The monoisotopic (exact) mass is 429 g/mol. The molecule has 1 heterocycles. The summed E-state index contributed by atoms with van der Waals surface area (Å²) in [6.07, 6.45) is 3.93. The van der Waals surface area contributed by atoms with Crippen molar-refractivity contribution < 1.29 is 4.79 Å². The highest BCUT2D eigenvalue weighted by atomic mass is 79.9. The average molecular weight is 430 g/mol. The molecule has 3 aromatic rings. The van der Waals surface area contributed by atoms with Gasteiger partial charge in [-0.2, -0.15) is 0 Å². The van der Waals surface area contributed by atoms with Gasteiger partial charge in [0.25, 0.3) is 5.91 Å². The molecule has 138 valence electrons. The van der Waals surface area contributed by atoms with E-state index in [0.29, 0.717) is 5.57 Å². The van der Waals surface area contributed by atoms with Crippen LogP contribution in [0.2, 0.25) is 0 Å². The van der Waals surface area contributed by atoms with E-state index in [9.17, 15) is 4.79 Å². The summed E-state index contributed by atoms with van der Waals surface area (Å²) in [7, 11) is 0. The minimum Gasteiger partial charge on any atom is -0.276 e. The van der Waals surface area contributed by atoms with Gasteiger partial charge in [-0.3, -0.25) is 9.69 Å². The molecule has 0 bridgehead atoms. The Kier molecular flexibility index (Phi) is 5.01. The van der Waals surface area contributed by atoms with Crippen LogP contribution in [0.4, 0.5) is 5.69 Å². The molecule has 0 saturated heterocycles. The van der Waals surface area contributed by atoms with E-state index in [-0.39, 0.29) is 5.91 Å². The summed E-state index contributed by atoms with van der Waals surface area (Å²) in [4.78, 5) is 15.2. The highest BCUT2D eigenvalue weighted by Gasteiger charge is 2.31. The molecule has 1 aliphatic heterocycles. The van der Waals surface area contributed by atoms with Gasteiger partial charge in [0.1, 0.15) is 0 Å². The van der Waals surface area contributed by atoms with E-state index in [4.69, 9.17) is 0 Å². The number of carbonyl (C=O) groups is 1. The summed E-state index contributed by atoms with van der Waals surface area (Å²) in [5, 5.41) is 0. The minimum atomic E-state index is -0.00581. The van der Waals surface area contributed by atoms with Crippen LogP contribution in [0.1, 0.15) is 22.3 Å². The number of hydrogen-bond donors (Lipinski definition) is 0. The smallest absolute Gasteiger partial charge is 0.262 e. The second-order valence-corrected chi connectivity index (χ2v) is 7.89. The standard InChI is InChI=1S/C25H20BrNO/c1-17-8-13-23(18(2)14-17)27-24(20-6-4-3-5-7-20)16-21(25(27)28)15-19-9-11-22(26)12-10-19/h3-16H,1-2H3/b21-15+. The molecular weight excluding hydrogens is 410 g/mol. The molecule has 28 heavy (non-hydrogen) atoms. The zero-order valence-corrected chi connectivity index (χ0v) is 17.4. The maximum absolute atomic E-state index is 13.4. The Labute approximate surface area is 174 Å². The van der Waals surface area contributed by atoms with Gasteiger partial charge in [0, 0.05) is 10.0 Å². The van der Waals surface area contributed by atoms with Crippen molar-refractivity contribution in [3.63, 3.8) is 0 Å². The van der Waals surface area contributed by atoms with Gasteiger partial charge in [-0.1, -0.05) is 76.1 Å². The van der Waals surface area contributed by atoms with E-state index in [0.717, 1.165) is 32.5 Å². The zero-order valence-electron chi connectivity index (χ0n) is 15.8. The van der Waals surface area contributed by atoms with Gasteiger partial charge in [0.15, 0.2) is 0 Å². The summed E-state index contributed by atoms with van der Waals surface area (Å²) in [6.45, 7) is 4.12. The van der Waals surface area contributed by atoms with Crippen molar-refractivity contribution in [3.8, 4) is 0 Å². The van der Waals surface area contributed by atoms with Crippen LogP contribution < -0.4 is 4.90 Å². The predicted molar refractivity (Wildman–Crippen MR) is 120 cm³/mol. The van der Waals surface area contributed by atoms with Crippen LogP contribution in [0.5, 0.6) is 0 Å². The van der Waals surface area contributed by atoms with E-state index in [1.807, 2.05) is 77.7 Å². The maximum Gasteiger partial charge on any atom is 0.262 e. The molecule has 4 rings (SSSR count). The summed E-state index contributed by atoms with van der Waals surface area (Å²) in [5.41, 5.74) is 6.79. The second-order valence-electron chi connectivity index (χ2n) is 6.98. The van der Waals surface area contributed by atoms with Gasteiger partial charge >= 0.3 is 0 Å². The number of benzene rings is 3. The topological polar surface area (TPSA) is 20.3 Å². The van der Waals surface area contributed by atoms with Crippen molar-refractivity contribution in [1.82, 2.24) is 0 Å². The van der Waals surface area contributed by atoms with Crippen molar-refractivity contribution >= 4 is 39.3 Å². The Morgan fingerprint density at radius 1 is 0.893 bits per heavy atom. The van der Waals surface area contributed by atoms with Gasteiger partial charge in [-0.15, -0.1) is 0 Å². The Morgan fingerprint density at radius 2 is 1.61 bits per heavy atom. The number of anilines is 1. The first-order chi connectivity index (χ1) is 13.5. The van der Waals surface area contributed by atoms with E-state index in [1.165, 1.54) is 5.56 Å². The molecule has 3 heteroatoms. The predicted octanol–water partition coefficient (Wildman–Crippen LogP) is 6.54. The third-order valence-electron chi connectivity index (χ3n) is 4.84. The van der Waals surface area contributed by atoms with Gasteiger partial charge in [-0.05, 0) is 60.9 Å². The highest BCUT2D eigenvalue weighted by molar-refractivity contribution is 9.10. The average Bonchev–Trinajstić information content (AvgIpc) is 3.01. The number of halogens is 1. The first kappa shape index (κ1) is 18.5. The lowest BCUT2D eigenvalue weighted by Crippen LogP contribution is -2.25. The van der Waals surface area contributed by atoms with Crippen LogP contribution in [-0.4, -0.2) is 5.91 Å². The molecule has 0 saturated carbocycles. The summed E-state index contributed by atoms with van der Waals surface area (Å²) < 4.78 is 1.02. The molecule has 0 atom stereocenters. The lowest BCUT2D eigenvalue weighted by molar-refractivity contribution is -0.113. The Hall–Kier alpha value is -2.91. The third-order valence-corrected chi connectivity index (χ3v) is 5.37. The zero-order chi connectivity index (χ0) is 19.7. The van der Waals surface area contributed by atoms with E-state index in [1.54, 1.807) is 0 Å². The van der Waals surface area contributed by atoms with Crippen LogP contribution >= 0.6 is 15.9 Å². The molecule has 0 spiro atoms. The van der Waals surface area contributed by atoms with Gasteiger partial charge < -0.3 is 0 Å². The molecule has 0 aliphatic carbocycles. The lowest BCUT2D eigenvalue weighted by atomic mass is 10.1. The fourth-order valence-electron chi connectivity index (χ4n) is 3.47. The van der Waals surface area contributed by atoms with E-state index < -0.39 is 0 Å². The third kappa shape index (κ3) is 3.58. The molecule has 1 aliphatic rings. The number of nitrogens with zero attached hydrogens (tertiary/aromatic N) is 1. The highest BCUT2D eigenvalue weighted by Crippen LogP contribution is 2.37. The number of aryl methyl sites for hydroxylation is 2. The van der Waals surface area contributed by atoms with Crippen LogP contribution in [0.3, 0.4) is 0 Å². The quantitative estimate of drug-likeness (QED) is 0.432. The number of amides is 1. The van der Waals surface area contributed by atoms with Gasteiger partial charge in [0.2, 0.25) is 0 Å². The van der Waals surface area contributed by atoms with Crippen LogP contribution in [0.15, 0.2) is 88.9 Å². The van der Waals surface area contributed by atoms with Crippen LogP contribution in [-0.2, 0) is 4.79 Å². The number of hydrogen-bond acceptors (Lipinski definition) is 1. The molecule has 1 amide bonds. The van der Waals surface area contributed by atoms with Crippen LogP contribution in [0.25, 0.3) is 11.8 Å². The van der Waals surface area contributed by atoms with Gasteiger partial charge in [-0.25, -0.2) is 0 Å². The van der Waals surface area contributed by atoms with Crippen molar-refractivity contribution in [3.05, 3.63) is 111 Å². The minimum absolute atomic E-state index is 0.00581. The summed E-state index contributed by atoms with van der Waals surface area (Å²) in [5.74, 6) is -0.00581. The van der Waals surface area contributed by atoms with Crippen molar-refractivity contribution in [2.75, 3.05) is 4.90 Å². The molecule has 0 fully saturated rings. The van der Waals surface area contributed by atoms with Gasteiger partial charge in [0.05, 0.1) is 11.4 Å². The first-order valence-electron chi connectivity index (χ1n) is 9.19. The molecule has 0 radical (unpaired) electrons. The number of carbonyl (C=O) groups excluding carboxylic acids is 1. The summed E-state index contributed by atoms with van der Waals surface area (Å²) in [6, 6.07) is 24.2. The SMILES string of the molecule is Cc1ccc(N2C(=O)/C(=C/c3ccc(Br)cc3)C=C2c2ccccc2)c(C)c1. The lowest BCUT2D eigenvalue weighted by Gasteiger charge is -2.23. The molecule has 0 unspecified atom stereocenters. The van der Waals surface area contributed by atoms with Crippen molar-refractivity contribution in [2.45, 2.75) is 13.8 Å². The molecule has 2 nitrogen and oxygen atoms in total. The fraction of sp³-hybridized carbons (Fsp3) is 0.0800. The Balaban J connectivity index is 1.84. The molecule has 0 N–H and O–H groups in total. The molecule has 0 aromatic heterocycles. The molecule has 3 aromatic carbocycles. The fourth-order valence-corrected chi connectivity index (χ4v) is 3.74. The van der Waals surface area contributed by atoms with Crippen LogP contribution in [0, 0.1) is 13.8 Å². The Bertz CT molecular complexity index is 1100. The summed E-state index contributed by atoms with van der Waals surface area (Å²) >= 11 is 3.46. The van der Waals surface area contributed by atoms with E-state index >= 15 is 0 Å².